The number of aromatic hydroxyl groups is 1. The average molecular weight is 434 g/mol. The van der Waals surface area contributed by atoms with Crippen LogP contribution in [0.5, 0.6) is 5.88 Å². The van der Waals surface area contributed by atoms with Gasteiger partial charge in [-0.1, -0.05) is 23.8 Å². The van der Waals surface area contributed by atoms with E-state index in [4.69, 9.17) is 0 Å². The molecule has 8 nitrogen and oxygen atoms in total. The highest BCUT2D eigenvalue weighted by molar-refractivity contribution is 5.82. The summed E-state index contributed by atoms with van der Waals surface area (Å²) >= 11 is 0. The van der Waals surface area contributed by atoms with Crippen molar-refractivity contribution in [3.8, 4) is 11.6 Å². The van der Waals surface area contributed by atoms with E-state index in [1.54, 1.807) is 6.20 Å². The lowest BCUT2D eigenvalue weighted by Gasteiger charge is -2.33. The molecule has 0 spiro atoms. The second-order valence-electron chi connectivity index (χ2n) is 8.28. The number of hydrazone groups is 1. The van der Waals surface area contributed by atoms with Crippen molar-refractivity contribution in [1.29, 1.82) is 0 Å². The van der Waals surface area contributed by atoms with Gasteiger partial charge in [0.2, 0.25) is 5.88 Å². The van der Waals surface area contributed by atoms with Crippen LogP contribution in [-0.2, 0) is 0 Å². The van der Waals surface area contributed by atoms with E-state index < -0.39 is 17.1 Å². The van der Waals surface area contributed by atoms with Crippen molar-refractivity contribution in [2.45, 2.75) is 46.1 Å². The molecule has 1 aliphatic rings. The molecule has 8 heteroatoms. The summed E-state index contributed by atoms with van der Waals surface area (Å²) in [6.07, 6.45) is 7.89. The number of aromatic amines is 1. The topological polar surface area (TPSA) is 104 Å². The van der Waals surface area contributed by atoms with Crippen molar-refractivity contribution in [1.82, 2.24) is 19.5 Å². The summed E-state index contributed by atoms with van der Waals surface area (Å²) in [7, 11) is 0. The molecule has 0 saturated carbocycles. The van der Waals surface area contributed by atoms with E-state index in [2.05, 4.69) is 15.1 Å². The van der Waals surface area contributed by atoms with Gasteiger partial charge in [-0.2, -0.15) is 5.10 Å². The van der Waals surface area contributed by atoms with Crippen LogP contribution in [0.1, 0.15) is 53.1 Å². The second-order valence-corrected chi connectivity index (χ2v) is 8.28. The molecule has 1 aliphatic heterocycles. The van der Waals surface area contributed by atoms with Gasteiger partial charge in [-0.15, -0.1) is 0 Å². The predicted octanol–water partition coefficient (Wildman–Crippen LogP) is 3.11. The molecule has 4 rings (SSSR count). The summed E-state index contributed by atoms with van der Waals surface area (Å²) < 4.78 is 1.14. The molecule has 3 aromatic rings. The number of aromatic nitrogens is 3. The van der Waals surface area contributed by atoms with E-state index in [-0.39, 0.29) is 11.6 Å². The first-order valence-electron chi connectivity index (χ1n) is 10.7. The molecular formula is C24H27N5O3. The highest BCUT2D eigenvalue weighted by atomic mass is 16.3. The van der Waals surface area contributed by atoms with E-state index >= 15 is 0 Å². The van der Waals surface area contributed by atoms with Gasteiger partial charge in [0.25, 0.3) is 5.56 Å². The molecule has 0 radical (unpaired) electrons. The summed E-state index contributed by atoms with van der Waals surface area (Å²) in [4.78, 5) is 31.7. The van der Waals surface area contributed by atoms with Crippen LogP contribution in [0.25, 0.3) is 5.69 Å². The highest BCUT2D eigenvalue weighted by Gasteiger charge is 2.23. The molecular weight excluding hydrogens is 406 g/mol. The lowest BCUT2D eigenvalue weighted by molar-refractivity contribution is 0.156. The molecule has 1 aromatic carbocycles. The minimum Gasteiger partial charge on any atom is -0.493 e. The smallest absolute Gasteiger partial charge is 0.335 e. The number of hydrogen-bond donors (Lipinski definition) is 2. The van der Waals surface area contributed by atoms with Crippen LogP contribution in [0.2, 0.25) is 0 Å². The van der Waals surface area contributed by atoms with Crippen molar-refractivity contribution in [3.05, 3.63) is 85.3 Å². The van der Waals surface area contributed by atoms with Crippen molar-refractivity contribution < 1.29 is 5.11 Å². The molecule has 1 unspecified atom stereocenters. The Labute approximate surface area is 185 Å². The van der Waals surface area contributed by atoms with Crippen molar-refractivity contribution in [2.24, 2.45) is 5.10 Å². The Morgan fingerprint density at radius 3 is 2.62 bits per heavy atom. The van der Waals surface area contributed by atoms with Crippen LogP contribution in [0.4, 0.5) is 0 Å². The molecule has 32 heavy (non-hydrogen) atoms. The minimum absolute atomic E-state index is 0.0439. The van der Waals surface area contributed by atoms with Crippen LogP contribution in [0, 0.1) is 20.8 Å². The molecule has 3 heterocycles. The van der Waals surface area contributed by atoms with Gasteiger partial charge in [-0.3, -0.25) is 19.8 Å². The van der Waals surface area contributed by atoms with Gasteiger partial charge < -0.3 is 5.11 Å². The van der Waals surface area contributed by atoms with Gasteiger partial charge in [-0.25, -0.2) is 9.36 Å². The van der Waals surface area contributed by atoms with Gasteiger partial charge in [0.15, 0.2) is 0 Å². The summed E-state index contributed by atoms with van der Waals surface area (Å²) in [6, 6.07) is 7.81. The molecule has 1 saturated heterocycles. The second kappa shape index (κ2) is 8.82. The van der Waals surface area contributed by atoms with Gasteiger partial charge in [0, 0.05) is 18.9 Å². The number of nitrogens with zero attached hydrogens (tertiary/aromatic N) is 4. The van der Waals surface area contributed by atoms with E-state index in [9.17, 15) is 14.7 Å². The molecule has 166 valence electrons. The molecule has 0 bridgehead atoms. The van der Waals surface area contributed by atoms with Gasteiger partial charge in [0.1, 0.15) is 5.56 Å². The van der Waals surface area contributed by atoms with Gasteiger partial charge in [0.05, 0.1) is 17.9 Å². The lowest BCUT2D eigenvalue weighted by atomic mass is 9.98. The van der Waals surface area contributed by atoms with E-state index in [1.165, 1.54) is 6.21 Å². The third-order valence-corrected chi connectivity index (χ3v) is 5.86. The molecule has 1 atom stereocenters. The molecule has 1 fully saturated rings. The standard InChI is InChI=1S/C24H27N5O3/c1-15-11-16(2)21(17(3)12-15)29-23(31)19(22(30)27-24(29)32)14-26-28-10-5-4-8-20(28)18-7-6-9-25-13-18/h6-7,9,11-14,20,31H,4-5,8,10H2,1-3H3,(H,27,30,32). The van der Waals surface area contributed by atoms with E-state index in [0.29, 0.717) is 5.69 Å². The maximum Gasteiger partial charge on any atom is 0.335 e. The normalized spacial score (nSPS) is 16.6. The zero-order chi connectivity index (χ0) is 22.8. The number of aryl methyl sites for hydroxylation is 3. The predicted molar refractivity (Wildman–Crippen MR) is 124 cm³/mol. The fraction of sp³-hybridized carbons (Fsp3) is 0.333. The van der Waals surface area contributed by atoms with E-state index in [0.717, 1.165) is 52.6 Å². The Kier molecular flexibility index (Phi) is 5.94. The zero-order valence-electron chi connectivity index (χ0n) is 18.5. The van der Waals surface area contributed by atoms with Crippen molar-refractivity contribution in [3.63, 3.8) is 0 Å². The fourth-order valence-corrected chi connectivity index (χ4v) is 4.49. The fourth-order valence-electron chi connectivity index (χ4n) is 4.49. The van der Waals surface area contributed by atoms with Crippen LogP contribution < -0.4 is 11.2 Å². The number of H-pyrrole nitrogens is 1. The number of piperidine rings is 1. The van der Waals surface area contributed by atoms with E-state index in [1.807, 2.05) is 56.2 Å². The lowest BCUT2D eigenvalue weighted by Crippen LogP contribution is -2.33. The summed E-state index contributed by atoms with van der Waals surface area (Å²) in [6.45, 7) is 6.43. The zero-order valence-corrected chi connectivity index (χ0v) is 18.5. The maximum atomic E-state index is 12.6. The first kappa shape index (κ1) is 21.5. The van der Waals surface area contributed by atoms with Crippen molar-refractivity contribution >= 4 is 6.21 Å². The first-order chi connectivity index (χ1) is 15.4. The average Bonchev–Trinajstić information content (AvgIpc) is 2.76. The Hall–Kier alpha value is -3.68. The van der Waals surface area contributed by atoms with Gasteiger partial charge in [-0.05, 0) is 62.8 Å². The highest BCUT2D eigenvalue weighted by Crippen LogP contribution is 2.30. The van der Waals surface area contributed by atoms with Crippen LogP contribution in [-0.4, -0.2) is 37.4 Å². The van der Waals surface area contributed by atoms with Gasteiger partial charge >= 0.3 is 5.69 Å². The monoisotopic (exact) mass is 433 g/mol. The van der Waals surface area contributed by atoms with Crippen LogP contribution in [0.15, 0.2) is 51.3 Å². The molecule has 2 N–H and O–H groups in total. The quantitative estimate of drug-likeness (QED) is 0.616. The third kappa shape index (κ3) is 4.08. The summed E-state index contributed by atoms with van der Waals surface area (Å²) in [5, 5.41) is 17.4. The Balaban J connectivity index is 1.77. The Morgan fingerprint density at radius 2 is 1.94 bits per heavy atom. The molecule has 0 aliphatic carbocycles. The maximum absolute atomic E-state index is 12.6. The number of nitrogens with one attached hydrogen (secondary N) is 1. The number of benzene rings is 1. The number of pyridine rings is 1. The third-order valence-electron chi connectivity index (χ3n) is 5.86. The Bertz CT molecular complexity index is 1250. The van der Waals surface area contributed by atoms with Crippen molar-refractivity contribution in [2.75, 3.05) is 6.54 Å². The first-order valence-corrected chi connectivity index (χ1v) is 10.7. The molecule has 0 amide bonds. The molecule has 2 aromatic heterocycles. The SMILES string of the molecule is Cc1cc(C)c(-n2c(O)c(C=NN3CCCCC3c3cccnc3)c(=O)[nH]c2=O)c(C)c1. The minimum atomic E-state index is -0.689. The number of hydrogen-bond acceptors (Lipinski definition) is 6. The van der Waals surface area contributed by atoms with Crippen LogP contribution >= 0.6 is 0 Å². The van der Waals surface area contributed by atoms with Crippen LogP contribution in [0.3, 0.4) is 0 Å². The number of rotatable bonds is 4. The summed E-state index contributed by atoms with van der Waals surface area (Å²) in [5.41, 5.74) is 2.88. The summed E-state index contributed by atoms with van der Waals surface area (Å²) in [5.74, 6) is -0.424. The largest absolute Gasteiger partial charge is 0.493 e. The Morgan fingerprint density at radius 1 is 1.19 bits per heavy atom.